The van der Waals surface area contributed by atoms with Gasteiger partial charge in [0.15, 0.2) is 11.6 Å². The minimum absolute atomic E-state index is 0.168. The summed E-state index contributed by atoms with van der Waals surface area (Å²) in [6, 6.07) is 9.21. The van der Waals surface area contributed by atoms with Crippen molar-refractivity contribution in [3.8, 4) is 17.2 Å². The zero-order chi connectivity index (χ0) is 12.3. The van der Waals surface area contributed by atoms with Crippen LogP contribution in [0.1, 0.15) is 5.69 Å². The van der Waals surface area contributed by atoms with Gasteiger partial charge in [-0.05, 0) is 12.1 Å². The van der Waals surface area contributed by atoms with Gasteiger partial charge in [0.2, 0.25) is 0 Å². The van der Waals surface area contributed by atoms with Gasteiger partial charge in [-0.1, -0.05) is 18.2 Å². The van der Waals surface area contributed by atoms with Crippen LogP contribution in [0.2, 0.25) is 0 Å². The molecule has 84 valence electrons. The van der Waals surface area contributed by atoms with Crippen molar-refractivity contribution in [2.75, 3.05) is 0 Å². The van der Waals surface area contributed by atoms with E-state index in [1.165, 1.54) is 18.3 Å². The van der Waals surface area contributed by atoms with Crippen LogP contribution in [0.3, 0.4) is 0 Å². The third-order valence-corrected chi connectivity index (χ3v) is 2.35. The van der Waals surface area contributed by atoms with Gasteiger partial charge in [0, 0.05) is 17.3 Å². The predicted molar refractivity (Wildman–Crippen MR) is 58.9 cm³/mol. The molecule has 0 fully saturated rings. The van der Waals surface area contributed by atoms with Crippen LogP contribution in [0.4, 0.5) is 8.78 Å². The Hall–Kier alpha value is -2.28. The van der Waals surface area contributed by atoms with Crippen LogP contribution in [-0.4, -0.2) is 4.98 Å². The Labute approximate surface area is 97.2 Å². The Morgan fingerprint density at radius 1 is 1.18 bits per heavy atom. The summed E-state index contributed by atoms with van der Waals surface area (Å²) in [6.45, 7) is 0. The molecule has 2 nitrogen and oxygen atoms in total. The maximum absolute atomic E-state index is 13.5. The molecule has 0 atom stereocenters. The number of aromatic nitrogens is 1. The third kappa shape index (κ3) is 2.28. The Bertz CT molecular complexity index is 571. The largest absolute Gasteiger partial charge is 0.260 e. The highest BCUT2D eigenvalue weighted by molar-refractivity contribution is 5.63. The van der Waals surface area contributed by atoms with E-state index in [0.717, 1.165) is 6.07 Å². The quantitative estimate of drug-likeness (QED) is 0.794. The van der Waals surface area contributed by atoms with Crippen molar-refractivity contribution in [2.24, 2.45) is 0 Å². The van der Waals surface area contributed by atoms with Gasteiger partial charge in [0.05, 0.1) is 18.2 Å². The van der Waals surface area contributed by atoms with Crippen LogP contribution in [0.25, 0.3) is 11.1 Å². The topological polar surface area (TPSA) is 36.7 Å². The Morgan fingerprint density at radius 3 is 2.65 bits per heavy atom. The first-order valence-corrected chi connectivity index (χ1v) is 4.98. The lowest BCUT2D eigenvalue weighted by Gasteiger charge is -2.04. The average Bonchev–Trinajstić information content (AvgIpc) is 2.34. The number of hydrogen-bond acceptors (Lipinski definition) is 2. The fourth-order valence-corrected chi connectivity index (χ4v) is 1.50. The van der Waals surface area contributed by atoms with E-state index in [0.29, 0.717) is 11.3 Å². The van der Waals surface area contributed by atoms with Crippen molar-refractivity contribution in [3.05, 3.63) is 53.9 Å². The van der Waals surface area contributed by atoms with Crippen LogP contribution in [0, 0.1) is 23.0 Å². The fraction of sp³-hybridized carbons (Fsp3) is 0.0769. The second kappa shape index (κ2) is 4.71. The molecule has 2 aromatic rings. The third-order valence-electron chi connectivity index (χ3n) is 2.35. The fourth-order valence-electron chi connectivity index (χ4n) is 1.50. The van der Waals surface area contributed by atoms with Crippen molar-refractivity contribution < 1.29 is 8.78 Å². The standard InChI is InChI=1S/C13H8F2N2/c14-12-3-1-2-11(13(12)15)9-4-5-10(6-7-16)17-8-9/h1-5,8H,6H2. The minimum Gasteiger partial charge on any atom is -0.260 e. The number of pyridine rings is 1. The molecule has 0 N–H and O–H groups in total. The first-order chi connectivity index (χ1) is 8.22. The molecular formula is C13H8F2N2. The van der Waals surface area contributed by atoms with Crippen LogP contribution in [-0.2, 0) is 6.42 Å². The van der Waals surface area contributed by atoms with E-state index < -0.39 is 11.6 Å². The lowest BCUT2D eigenvalue weighted by atomic mass is 10.1. The van der Waals surface area contributed by atoms with Gasteiger partial charge in [0.1, 0.15) is 0 Å². The predicted octanol–water partition coefficient (Wildman–Crippen LogP) is 3.09. The second-order valence-electron chi connectivity index (χ2n) is 3.47. The lowest BCUT2D eigenvalue weighted by Crippen LogP contribution is -1.92. The van der Waals surface area contributed by atoms with E-state index in [1.54, 1.807) is 12.1 Å². The highest BCUT2D eigenvalue weighted by Gasteiger charge is 2.09. The normalized spacial score (nSPS) is 9.94. The van der Waals surface area contributed by atoms with Gasteiger partial charge >= 0.3 is 0 Å². The molecule has 0 aliphatic heterocycles. The number of nitrogens with zero attached hydrogens (tertiary/aromatic N) is 2. The molecule has 17 heavy (non-hydrogen) atoms. The maximum atomic E-state index is 13.5. The monoisotopic (exact) mass is 230 g/mol. The lowest BCUT2D eigenvalue weighted by molar-refractivity contribution is 0.511. The van der Waals surface area contributed by atoms with Gasteiger partial charge in [-0.15, -0.1) is 0 Å². The molecule has 0 aliphatic rings. The summed E-state index contributed by atoms with van der Waals surface area (Å²) in [7, 11) is 0. The number of rotatable bonds is 2. The van der Waals surface area contributed by atoms with Crippen molar-refractivity contribution in [2.45, 2.75) is 6.42 Å². The molecular weight excluding hydrogens is 222 g/mol. The van der Waals surface area contributed by atoms with Crippen LogP contribution < -0.4 is 0 Å². The molecule has 2 rings (SSSR count). The molecule has 0 saturated carbocycles. The molecule has 1 aromatic heterocycles. The van der Waals surface area contributed by atoms with Gasteiger partial charge < -0.3 is 0 Å². The minimum atomic E-state index is -0.887. The van der Waals surface area contributed by atoms with Crippen molar-refractivity contribution >= 4 is 0 Å². The second-order valence-corrected chi connectivity index (χ2v) is 3.47. The summed E-state index contributed by atoms with van der Waals surface area (Å²) in [5.74, 6) is -1.77. The van der Waals surface area contributed by atoms with E-state index in [-0.39, 0.29) is 12.0 Å². The molecule has 1 aromatic carbocycles. The first kappa shape index (κ1) is 11.2. The zero-order valence-corrected chi connectivity index (χ0v) is 8.82. The van der Waals surface area contributed by atoms with E-state index in [2.05, 4.69) is 4.98 Å². The summed E-state index contributed by atoms with van der Waals surface area (Å²) in [5.41, 5.74) is 1.26. The van der Waals surface area contributed by atoms with Crippen molar-refractivity contribution in [1.82, 2.24) is 4.98 Å². The highest BCUT2D eigenvalue weighted by Crippen LogP contribution is 2.23. The maximum Gasteiger partial charge on any atom is 0.166 e. The number of halogens is 2. The summed E-state index contributed by atoms with van der Waals surface area (Å²) in [6.07, 6.45) is 1.64. The van der Waals surface area contributed by atoms with Gasteiger partial charge in [-0.3, -0.25) is 4.98 Å². The van der Waals surface area contributed by atoms with E-state index in [9.17, 15) is 8.78 Å². The SMILES string of the molecule is N#CCc1ccc(-c2cccc(F)c2F)cn1. The molecule has 1 heterocycles. The van der Waals surface area contributed by atoms with E-state index in [4.69, 9.17) is 5.26 Å². The van der Waals surface area contributed by atoms with Gasteiger partial charge in [-0.25, -0.2) is 8.78 Å². The summed E-state index contributed by atoms with van der Waals surface area (Å²) < 4.78 is 26.5. The Balaban J connectivity index is 2.41. The van der Waals surface area contributed by atoms with Crippen molar-refractivity contribution in [1.29, 1.82) is 5.26 Å². The summed E-state index contributed by atoms with van der Waals surface area (Å²) >= 11 is 0. The molecule has 0 aliphatic carbocycles. The first-order valence-electron chi connectivity index (χ1n) is 4.98. The van der Waals surface area contributed by atoms with E-state index >= 15 is 0 Å². The molecule has 0 amide bonds. The number of benzene rings is 1. The van der Waals surface area contributed by atoms with Gasteiger partial charge in [0.25, 0.3) is 0 Å². The summed E-state index contributed by atoms with van der Waals surface area (Å²) in [4.78, 5) is 4.00. The van der Waals surface area contributed by atoms with Gasteiger partial charge in [-0.2, -0.15) is 5.26 Å². The molecule has 0 saturated heterocycles. The van der Waals surface area contributed by atoms with Crippen LogP contribution in [0.5, 0.6) is 0 Å². The van der Waals surface area contributed by atoms with E-state index in [1.807, 2.05) is 6.07 Å². The molecule has 0 unspecified atom stereocenters. The summed E-state index contributed by atoms with van der Waals surface area (Å²) in [5, 5.41) is 8.49. The Kier molecular flexibility index (Phi) is 3.10. The van der Waals surface area contributed by atoms with Crippen molar-refractivity contribution in [3.63, 3.8) is 0 Å². The number of hydrogen-bond donors (Lipinski definition) is 0. The molecule has 0 spiro atoms. The average molecular weight is 230 g/mol. The van der Waals surface area contributed by atoms with Crippen LogP contribution in [0.15, 0.2) is 36.5 Å². The molecule has 0 radical (unpaired) electrons. The highest BCUT2D eigenvalue weighted by atomic mass is 19.2. The smallest absolute Gasteiger partial charge is 0.166 e. The molecule has 4 heteroatoms. The van der Waals surface area contributed by atoms with Crippen LogP contribution >= 0.6 is 0 Å². The zero-order valence-electron chi connectivity index (χ0n) is 8.82. The number of nitriles is 1. The molecule has 0 bridgehead atoms. The Morgan fingerprint density at radius 2 is 2.00 bits per heavy atom.